The Morgan fingerprint density at radius 3 is 2.69 bits per heavy atom. The molecule has 134 valence electrons. The highest BCUT2D eigenvalue weighted by molar-refractivity contribution is 7.15. The SMILES string of the molecule is Cc1cccc(Nc2nnc(CC(=O)N[C@@H](C)c3ccc(F)cc3)s2)c1. The van der Waals surface area contributed by atoms with Crippen molar-refractivity contribution < 1.29 is 9.18 Å². The molecule has 0 spiro atoms. The summed E-state index contributed by atoms with van der Waals surface area (Å²) in [7, 11) is 0. The summed E-state index contributed by atoms with van der Waals surface area (Å²) in [5.74, 6) is -0.449. The van der Waals surface area contributed by atoms with Gasteiger partial charge in [-0.2, -0.15) is 0 Å². The van der Waals surface area contributed by atoms with Crippen LogP contribution in [0, 0.1) is 12.7 Å². The van der Waals surface area contributed by atoms with E-state index in [1.807, 2.05) is 38.1 Å². The van der Waals surface area contributed by atoms with Gasteiger partial charge < -0.3 is 10.6 Å². The predicted molar refractivity (Wildman–Crippen MR) is 101 cm³/mol. The molecule has 2 aromatic carbocycles. The van der Waals surface area contributed by atoms with Gasteiger partial charge >= 0.3 is 0 Å². The molecule has 0 radical (unpaired) electrons. The van der Waals surface area contributed by atoms with Crippen LogP contribution in [0.3, 0.4) is 0 Å². The number of halogens is 1. The number of nitrogens with one attached hydrogen (secondary N) is 2. The quantitative estimate of drug-likeness (QED) is 0.684. The summed E-state index contributed by atoms with van der Waals surface area (Å²) in [5.41, 5.74) is 2.93. The molecule has 1 atom stereocenters. The Morgan fingerprint density at radius 1 is 1.19 bits per heavy atom. The zero-order valence-corrected chi connectivity index (χ0v) is 15.3. The van der Waals surface area contributed by atoms with Crippen molar-refractivity contribution in [3.05, 3.63) is 70.5 Å². The number of anilines is 2. The molecule has 1 heterocycles. The molecule has 0 bridgehead atoms. The molecular formula is C19H19FN4OS. The van der Waals surface area contributed by atoms with Gasteiger partial charge in [-0.05, 0) is 49.2 Å². The lowest BCUT2D eigenvalue weighted by Gasteiger charge is -2.13. The van der Waals surface area contributed by atoms with Gasteiger partial charge in [0, 0.05) is 5.69 Å². The van der Waals surface area contributed by atoms with E-state index in [0.717, 1.165) is 16.8 Å². The van der Waals surface area contributed by atoms with Gasteiger partial charge in [-0.25, -0.2) is 4.39 Å². The Labute approximate surface area is 155 Å². The maximum Gasteiger partial charge on any atom is 0.227 e. The van der Waals surface area contributed by atoms with E-state index in [9.17, 15) is 9.18 Å². The summed E-state index contributed by atoms with van der Waals surface area (Å²) < 4.78 is 13.0. The van der Waals surface area contributed by atoms with Gasteiger partial charge in [0.1, 0.15) is 10.8 Å². The predicted octanol–water partition coefficient (Wildman–Crippen LogP) is 4.15. The number of aryl methyl sites for hydroxylation is 1. The second-order valence-corrected chi connectivity index (χ2v) is 7.08. The number of nitrogens with zero attached hydrogens (tertiary/aromatic N) is 2. The molecule has 0 aliphatic carbocycles. The van der Waals surface area contributed by atoms with E-state index in [2.05, 4.69) is 20.8 Å². The molecular weight excluding hydrogens is 351 g/mol. The van der Waals surface area contributed by atoms with Crippen LogP contribution in [0.1, 0.15) is 29.1 Å². The van der Waals surface area contributed by atoms with E-state index in [0.29, 0.717) is 10.1 Å². The van der Waals surface area contributed by atoms with Crippen LogP contribution in [0.2, 0.25) is 0 Å². The largest absolute Gasteiger partial charge is 0.349 e. The first-order valence-corrected chi connectivity index (χ1v) is 9.02. The van der Waals surface area contributed by atoms with Crippen LogP contribution >= 0.6 is 11.3 Å². The van der Waals surface area contributed by atoms with E-state index in [1.54, 1.807) is 12.1 Å². The molecule has 0 saturated heterocycles. The Balaban J connectivity index is 1.56. The number of benzene rings is 2. The van der Waals surface area contributed by atoms with Crippen LogP contribution < -0.4 is 10.6 Å². The first-order valence-electron chi connectivity index (χ1n) is 8.20. The molecule has 5 nitrogen and oxygen atoms in total. The number of rotatable bonds is 6. The summed E-state index contributed by atoms with van der Waals surface area (Å²) in [5, 5.41) is 15.5. The number of amides is 1. The van der Waals surface area contributed by atoms with E-state index in [1.165, 1.54) is 23.5 Å². The van der Waals surface area contributed by atoms with Gasteiger partial charge in [0.25, 0.3) is 0 Å². The summed E-state index contributed by atoms with van der Waals surface area (Å²) in [4.78, 5) is 12.2. The number of carbonyl (C=O) groups is 1. The van der Waals surface area contributed by atoms with Crippen LogP contribution in [0.15, 0.2) is 48.5 Å². The second kappa shape index (κ2) is 8.05. The molecule has 2 N–H and O–H groups in total. The van der Waals surface area contributed by atoms with Crippen molar-refractivity contribution in [2.24, 2.45) is 0 Å². The normalized spacial score (nSPS) is 11.8. The van der Waals surface area contributed by atoms with E-state index in [4.69, 9.17) is 0 Å². The molecule has 3 rings (SSSR count). The van der Waals surface area contributed by atoms with Gasteiger partial charge in [0.2, 0.25) is 11.0 Å². The fourth-order valence-electron chi connectivity index (χ4n) is 2.49. The van der Waals surface area contributed by atoms with Crippen LogP contribution in [0.25, 0.3) is 0 Å². The highest BCUT2D eigenvalue weighted by atomic mass is 32.1. The monoisotopic (exact) mass is 370 g/mol. The maximum atomic E-state index is 13.0. The standard InChI is InChI=1S/C19H19FN4OS/c1-12-4-3-5-16(10-12)22-19-24-23-18(26-19)11-17(25)21-13(2)14-6-8-15(20)9-7-14/h3-10,13H,11H2,1-2H3,(H,21,25)(H,22,24)/t13-/m0/s1. The number of hydrogen-bond donors (Lipinski definition) is 2. The molecule has 0 aliphatic heterocycles. The second-order valence-electron chi connectivity index (χ2n) is 6.01. The summed E-state index contributed by atoms with van der Waals surface area (Å²) in [6.45, 7) is 3.87. The zero-order chi connectivity index (χ0) is 18.5. The molecule has 3 aromatic rings. The van der Waals surface area contributed by atoms with Gasteiger partial charge in [0.05, 0.1) is 12.5 Å². The molecule has 0 unspecified atom stereocenters. The lowest BCUT2D eigenvalue weighted by Crippen LogP contribution is -2.28. The lowest BCUT2D eigenvalue weighted by atomic mass is 10.1. The van der Waals surface area contributed by atoms with Gasteiger partial charge in [-0.15, -0.1) is 10.2 Å². The fraction of sp³-hybridized carbons (Fsp3) is 0.211. The van der Waals surface area contributed by atoms with Crippen LogP contribution in [-0.4, -0.2) is 16.1 Å². The number of carbonyl (C=O) groups excluding carboxylic acids is 1. The third-order valence-corrected chi connectivity index (χ3v) is 4.63. The average Bonchev–Trinajstić information content (AvgIpc) is 3.02. The molecule has 0 saturated carbocycles. The van der Waals surface area contributed by atoms with Crippen molar-refractivity contribution in [2.75, 3.05) is 5.32 Å². The topological polar surface area (TPSA) is 66.9 Å². The minimum atomic E-state index is -0.297. The number of aromatic nitrogens is 2. The van der Waals surface area contributed by atoms with Crippen molar-refractivity contribution in [3.8, 4) is 0 Å². The third kappa shape index (κ3) is 4.86. The van der Waals surface area contributed by atoms with E-state index in [-0.39, 0.29) is 24.2 Å². The summed E-state index contributed by atoms with van der Waals surface area (Å²) >= 11 is 1.34. The molecule has 1 aromatic heterocycles. The molecule has 7 heteroatoms. The van der Waals surface area contributed by atoms with Crippen molar-refractivity contribution in [1.29, 1.82) is 0 Å². The third-order valence-electron chi connectivity index (χ3n) is 3.80. The fourth-order valence-corrected chi connectivity index (χ4v) is 3.25. The summed E-state index contributed by atoms with van der Waals surface area (Å²) in [6.07, 6.45) is 0.151. The molecule has 0 fully saturated rings. The lowest BCUT2D eigenvalue weighted by molar-refractivity contribution is -0.121. The van der Waals surface area contributed by atoms with Crippen LogP contribution in [-0.2, 0) is 11.2 Å². The molecule has 0 aliphatic rings. The first-order chi connectivity index (χ1) is 12.5. The highest BCUT2D eigenvalue weighted by Gasteiger charge is 2.13. The average molecular weight is 370 g/mol. The van der Waals surface area contributed by atoms with Crippen molar-refractivity contribution in [2.45, 2.75) is 26.3 Å². The van der Waals surface area contributed by atoms with Crippen molar-refractivity contribution >= 4 is 28.1 Å². The van der Waals surface area contributed by atoms with Crippen molar-refractivity contribution in [1.82, 2.24) is 15.5 Å². The minimum Gasteiger partial charge on any atom is -0.349 e. The Hall–Kier alpha value is -2.80. The molecule has 1 amide bonds. The zero-order valence-electron chi connectivity index (χ0n) is 14.5. The first kappa shape index (κ1) is 18.0. The smallest absolute Gasteiger partial charge is 0.227 e. The summed E-state index contributed by atoms with van der Waals surface area (Å²) in [6, 6.07) is 13.8. The van der Waals surface area contributed by atoms with Gasteiger partial charge in [0.15, 0.2) is 0 Å². The van der Waals surface area contributed by atoms with Crippen LogP contribution in [0.5, 0.6) is 0 Å². The van der Waals surface area contributed by atoms with Gasteiger partial charge in [-0.3, -0.25) is 4.79 Å². The number of hydrogen-bond acceptors (Lipinski definition) is 5. The minimum absolute atomic E-state index is 0.151. The molecule has 26 heavy (non-hydrogen) atoms. The maximum absolute atomic E-state index is 13.0. The van der Waals surface area contributed by atoms with Crippen molar-refractivity contribution in [3.63, 3.8) is 0 Å². The van der Waals surface area contributed by atoms with E-state index < -0.39 is 0 Å². The van der Waals surface area contributed by atoms with Crippen LogP contribution in [0.4, 0.5) is 15.2 Å². The van der Waals surface area contributed by atoms with Gasteiger partial charge in [-0.1, -0.05) is 35.6 Å². The Bertz CT molecular complexity index is 895. The van der Waals surface area contributed by atoms with E-state index >= 15 is 0 Å². The highest BCUT2D eigenvalue weighted by Crippen LogP contribution is 2.22. The Morgan fingerprint density at radius 2 is 1.96 bits per heavy atom. The Kier molecular flexibility index (Phi) is 5.58.